The molecule has 1 N–H and O–H groups in total. The summed E-state index contributed by atoms with van der Waals surface area (Å²) in [6, 6.07) is 4.27. The largest absolute Gasteiger partial charge is 0.338 e. The molecule has 0 aliphatic carbocycles. The van der Waals surface area contributed by atoms with Crippen LogP contribution in [0.3, 0.4) is 0 Å². The first-order valence-corrected chi connectivity index (χ1v) is 7.83. The zero-order valence-electron chi connectivity index (χ0n) is 11.7. The lowest BCUT2D eigenvalue weighted by atomic mass is 10.2. The van der Waals surface area contributed by atoms with Gasteiger partial charge in [-0.05, 0) is 31.5 Å². The molecule has 0 aromatic carbocycles. The maximum atomic E-state index is 12.4. The molecule has 1 aliphatic heterocycles. The summed E-state index contributed by atoms with van der Waals surface area (Å²) in [4.78, 5) is 19.5. The molecular weight excluding hydrogens is 294 g/mol. The van der Waals surface area contributed by atoms with Crippen LogP contribution in [0, 0.1) is 0 Å². The van der Waals surface area contributed by atoms with Crippen LogP contribution in [0.4, 0.5) is 0 Å². The summed E-state index contributed by atoms with van der Waals surface area (Å²) in [5.74, 6) is 0.762. The number of carbonyl (C=O) groups excluding carboxylic acids is 1. The summed E-state index contributed by atoms with van der Waals surface area (Å²) in [6.07, 6.45) is 5.61. The minimum absolute atomic E-state index is 0. The summed E-state index contributed by atoms with van der Waals surface area (Å²) in [7, 11) is 0. The van der Waals surface area contributed by atoms with Crippen LogP contribution in [-0.4, -0.2) is 47.2 Å². The highest BCUT2D eigenvalue weighted by molar-refractivity contribution is 8.00. The number of rotatable bonds is 6. The summed E-state index contributed by atoms with van der Waals surface area (Å²) < 4.78 is 0. The van der Waals surface area contributed by atoms with E-state index < -0.39 is 0 Å². The average Bonchev–Trinajstić information content (AvgIpc) is 2.97. The standard InChI is InChI=1S/C14H21N3OS.ClH/c1-2-9-17(12-3-6-16-10-12)14(18)11-19-13-4-7-15-8-5-13;/h4-5,7-8,12,16H,2-3,6,9-11H2,1H3;1H. The normalized spacial score (nSPS) is 17.6. The Labute approximate surface area is 131 Å². The molecule has 0 radical (unpaired) electrons. The van der Waals surface area contributed by atoms with E-state index in [4.69, 9.17) is 0 Å². The van der Waals surface area contributed by atoms with Crippen LogP contribution >= 0.6 is 24.2 Å². The third kappa shape index (κ3) is 4.96. The summed E-state index contributed by atoms with van der Waals surface area (Å²) in [5, 5.41) is 3.33. The van der Waals surface area contributed by atoms with Crippen LogP contribution in [0.15, 0.2) is 29.4 Å². The molecular formula is C14H22ClN3OS. The quantitative estimate of drug-likeness (QED) is 0.817. The predicted octanol–water partition coefficient (Wildman–Crippen LogP) is 2.20. The van der Waals surface area contributed by atoms with Gasteiger partial charge in [0.1, 0.15) is 0 Å². The fraction of sp³-hybridized carbons (Fsp3) is 0.571. The van der Waals surface area contributed by atoms with Gasteiger partial charge in [0.25, 0.3) is 0 Å². The first kappa shape index (κ1) is 17.3. The van der Waals surface area contributed by atoms with Gasteiger partial charge in [0.05, 0.1) is 5.75 Å². The van der Waals surface area contributed by atoms with Crippen molar-refractivity contribution in [3.05, 3.63) is 24.5 Å². The van der Waals surface area contributed by atoms with Gasteiger partial charge in [0.2, 0.25) is 5.91 Å². The molecule has 4 nitrogen and oxygen atoms in total. The molecule has 0 spiro atoms. The Morgan fingerprint density at radius 2 is 2.25 bits per heavy atom. The number of hydrogen-bond donors (Lipinski definition) is 1. The number of halogens is 1. The highest BCUT2D eigenvalue weighted by atomic mass is 35.5. The fourth-order valence-electron chi connectivity index (χ4n) is 2.32. The summed E-state index contributed by atoms with van der Waals surface area (Å²) >= 11 is 1.59. The monoisotopic (exact) mass is 315 g/mol. The SMILES string of the molecule is CCCN(C(=O)CSc1ccncc1)C1CCNC1.Cl. The highest BCUT2D eigenvalue weighted by Gasteiger charge is 2.25. The third-order valence-electron chi connectivity index (χ3n) is 3.27. The third-order valence-corrected chi connectivity index (χ3v) is 4.27. The molecule has 1 atom stereocenters. The molecule has 1 aromatic heterocycles. The first-order valence-electron chi connectivity index (χ1n) is 6.84. The number of aromatic nitrogens is 1. The van der Waals surface area contributed by atoms with Gasteiger partial charge in [-0.1, -0.05) is 6.92 Å². The van der Waals surface area contributed by atoms with Crippen molar-refractivity contribution in [2.24, 2.45) is 0 Å². The van der Waals surface area contributed by atoms with E-state index in [0.29, 0.717) is 11.8 Å². The molecule has 2 rings (SSSR count). The van der Waals surface area contributed by atoms with E-state index in [9.17, 15) is 4.79 Å². The zero-order chi connectivity index (χ0) is 13.5. The molecule has 2 heterocycles. The van der Waals surface area contributed by atoms with Crippen LogP contribution in [0.1, 0.15) is 19.8 Å². The van der Waals surface area contributed by atoms with E-state index in [0.717, 1.165) is 37.4 Å². The fourth-order valence-corrected chi connectivity index (χ4v) is 3.09. The van der Waals surface area contributed by atoms with E-state index >= 15 is 0 Å². The second-order valence-electron chi connectivity index (χ2n) is 4.71. The molecule has 1 unspecified atom stereocenters. The van der Waals surface area contributed by atoms with Gasteiger partial charge < -0.3 is 10.2 Å². The lowest BCUT2D eigenvalue weighted by molar-refractivity contribution is -0.130. The molecule has 1 aromatic rings. The highest BCUT2D eigenvalue weighted by Crippen LogP contribution is 2.18. The predicted molar refractivity (Wildman–Crippen MR) is 85.5 cm³/mol. The van der Waals surface area contributed by atoms with Crippen molar-refractivity contribution >= 4 is 30.1 Å². The number of thioether (sulfide) groups is 1. The molecule has 1 amide bonds. The number of carbonyl (C=O) groups is 1. The minimum atomic E-state index is 0. The number of amides is 1. The topological polar surface area (TPSA) is 45.2 Å². The Morgan fingerprint density at radius 3 is 2.85 bits per heavy atom. The first-order chi connectivity index (χ1) is 9.31. The van der Waals surface area contributed by atoms with Gasteiger partial charge >= 0.3 is 0 Å². The lowest BCUT2D eigenvalue weighted by Crippen LogP contribution is -2.43. The van der Waals surface area contributed by atoms with Gasteiger partial charge in [-0.15, -0.1) is 24.2 Å². The maximum Gasteiger partial charge on any atom is 0.233 e. The molecule has 1 saturated heterocycles. The molecule has 0 saturated carbocycles. The van der Waals surface area contributed by atoms with Gasteiger partial charge in [-0.2, -0.15) is 0 Å². The Balaban J connectivity index is 0.00000200. The number of hydrogen-bond acceptors (Lipinski definition) is 4. The molecule has 20 heavy (non-hydrogen) atoms. The number of nitrogens with one attached hydrogen (secondary N) is 1. The van der Waals surface area contributed by atoms with Crippen molar-refractivity contribution in [1.82, 2.24) is 15.2 Å². The smallest absolute Gasteiger partial charge is 0.233 e. The van der Waals surface area contributed by atoms with Crippen molar-refractivity contribution in [3.63, 3.8) is 0 Å². The Hall–Kier alpha value is -0.780. The van der Waals surface area contributed by atoms with Crippen LogP contribution in [0.5, 0.6) is 0 Å². The van der Waals surface area contributed by atoms with Crippen molar-refractivity contribution in [2.45, 2.75) is 30.7 Å². The van der Waals surface area contributed by atoms with Gasteiger partial charge in [-0.25, -0.2) is 0 Å². The van der Waals surface area contributed by atoms with Crippen LogP contribution < -0.4 is 5.32 Å². The van der Waals surface area contributed by atoms with Crippen LogP contribution in [0.25, 0.3) is 0 Å². The second-order valence-corrected chi connectivity index (χ2v) is 5.75. The molecule has 1 aliphatic rings. The Kier molecular flexibility index (Phi) is 7.95. The van der Waals surface area contributed by atoms with E-state index in [1.54, 1.807) is 24.2 Å². The van der Waals surface area contributed by atoms with E-state index in [1.165, 1.54) is 0 Å². The van der Waals surface area contributed by atoms with Crippen molar-refractivity contribution in [1.29, 1.82) is 0 Å². The van der Waals surface area contributed by atoms with Gasteiger partial charge in [0.15, 0.2) is 0 Å². The van der Waals surface area contributed by atoms with E-state index in [2.05, 4.69) is 17.2 Å². The van der Waals surface area contributed by atoms with Gasteiger partial charge in [0, 0.05) is 36.4 Å². The van der Waals surface area contributed by atoms with E-state index in [1.807, 2.05) is 17.0 Å². The minimum Gasteiger partial charge on any atom is -0.338 e. The molecule has 0 bridgehead atoms. The summed E-state index contributed by atoms with van der Waals surface area (Å²) in [6.45, 7) is 4.95. The summed E-state index contributed by atoms with van der Waals surface area (Å²) in [5.41, 5.74) is 0. The molecule has 1 fully saturated rings. The van der Waals surface area contributed by atoms with Crippen LogP contribution in [0.2, 0.25) is 0 Å². The van der Waals surface area contributed by atoms with Crippen molar-refractivity contribution < 1.29 is 4.79 Å². The average molecular weight is 316 g/mol. The van der Waals surface area contributed by atoms with Crippen molar-refractivity contribution in [3.8, 4) is 0 Å². The number of pyridine rings is 1. The maximum absolute atomic E-state index is 12.4. The van der Waals surface area contributed by atoms with Crippen LogP contribution in [-0.2, 0) is 4.79 Å². The van der Waals surface area contributed by atoms with E-state index in [-0.39, 0.29) is 18.3 Å². The lowest BCUT2D eigenvalue weighted by Gasteiger charge is -2.28. The number of nitrogens with zero attached hydrogens (tertiary/aromatic N) is 2. The zero-order valence-corrected chi connectivity index (χ0v) is 13.4. The Bertz CT molecular complexity index is 399. The second kappa shape index (κ2) is 9.21. The Morgan fingerprint density at radius 1 is 1.50 bits per heavy atom. The molecule has 6 heteroatoms. The molecule has 112 valence electrons. The van der Waals surface area contributed by atoms with Crippen molar-refractivity contribution in [2.75, 3.05) is 25.4 Å². The van der Waals surface area contributed by atoms with Gasteiger partial charge in [-0.3, -0.25) is 9.78 Å².